The maximum absolute atomic E-state index is 9.13. The Morgan fingerprint density at radius 1 is 0.889 bits per heavy atom. The van der Waals surface area contributed by atoms with Crippen molar-refractivity contribution in [3.05, 3.63) is 65.7 Å². The van der Waals surface area contributed by atoms with E-state index in [9.17, 15) is 0 Å². The van der Waals surface area contributed by atoms with Crippen molar-refractivity contribution >= 4 is 0 Å². The van der Waals surface area contributed by atoms with Crippen LogP contribution in [0.15, 0.2) is 54.6 Å². The van der Waals surface area contributed by atoms with Crippen LogP contribution in [0.1, 0.15) is 11.1 Å². The van der Waals surface area contributed by atoms with Crippen LogP contribution in [0.25, 0.3) is 0 Å². The molecule has 0 aliphatic heterocycles. The van der Waals surface area contributed by atoms with Crippen molar-refractivity contribution in [2.24, 2.45) is 0 Å². The SMILES string of the molecule is OCc1ccccc1OCOCc1ccccc1. The molecule has 0 aliphatic rings. The lowest BCUT2D eigenvalue weighted by atomic mass is 10.2. The van der Waals surface area contributed by atoms with Gasteiger partial charge in [0.25, 0.3) is 0 Å². The van der Waals surface area contributed by atoms with Gasteiger partial charge in [0.2, 0.25) is 0 Å². The molecule has 0 aliphatic carbocycles. The number of hydrogen-bond donors (Lipinski definition) is 1. The largest absolute Gasteiger partial charge is 0.467 e. The summed E-state index contributed by atoms with van der Waals surface area (Å²) in [5.41, 5.74) is 1.87. The van der Waals surface area contributed by atoms with Crippen molar-refractivity contribution in [1.29, 1.82) is 0 Å². The van der Waals surface area contributed by atoms with Gasteiger partial charge in [-0.1, -0.05) is 48.5 Å². The normalized spacial score (nSPS) is 10.3. The second kappa shape index (κ2) is 6.79. The molecule has 3 nitrogen and oxygen atoms in total. The average molecular weight is 244 g/mol. The van der Waals surface area contributed by atoms with Gasteiger partial charge in [0, 0.05) is 5.56 Å². The summed E-state index contributed by atoms with van der Waals surface area (Å²) < 4.78 is 10.9. The van der Waals surface area contributed by atoms with E-state index in [1.807, 2.05) is 54.6 Å². The van der Waals surface area contributed by atoms with Crippen LogP contribution < -0.4 is 4.74 Å². The summed E-state index contributed by atoms with van der Waals surface area (Å²) in [6, 6.07) is 17.3. The van der Waals surface area contributed by atoms with Gasteiger partial charge in [-0.05, 0) is 11.6 Å². The summed E-state index contributed by atoms with van der Waals surface area (Å²) in [6.45, 7) is 0.656. The third kappa shape index (κ3) is 3.58. The third-order valence-electron chi connectivity index (χ3n) is 2.55. The summed E-state index contributed by atoms with van der Waals surface area (Å²) in [4.78, 5) is 0. The predicted molar refractivity (Wildman–Crippen MR) is 69.1 cm³/mol. The highest BCUT2D eigenvalue weighted by Crippen LogP contribution is 2.17. The zero-order chi connectivity index (χ0) is 12.6. The molecule has 3 heteroatoms. The lowest BCUT2D eigenvalue weighted by Gasteiger charge is -2.10. The molecule has 2 rings (SSSR count). The number of rotatable bonds is 6. The number of para-hydroxylation sites is 1. The van der Waals surface area contributed by atoms with Crippen LogP contribution >= 0.6 is 0 Å². The lowest BCUT2D eigenvalue weighted by Crippen LogP contribution is -2.04. The van der Waals surface area contributed by atoms with Crippen molar-refractivity contribution in [1.82, 2.24) is 0 Å². The topological polar surface area (TPSA) is 38.7 Å². The first-order chi connectivity index (χ1) is 8.90. The fourth-order valence-corrected chi connectivity index (χ4v) is 1.61. The van der Waals surface area contributed by atoms with E-state index in [1.165, 1.54) is 0 Å². The van der Waals surface area contributed by atoms with Crippen molar-refractivity contribution in [3.8, 4) is 5.75 Å². The first kappa shape index (κ1) is 12.6. The molecule has 0 amide bonds. The Labute approximate surface area is 107 Å². The highest BCUT2D eigenvalue weighted by atomic mass is 16.7. The lowest BCUT2D eigenvalue weighted by molar-refractivity contribution is 0.00400. The summed E-state index contributed by atoms with van der Waals surface area (Å²) in [5, 5.41) is 9.13. The van der Waals surface area contributed by atoms with Crippen molar-refractivity contribution < 1.29 is 14.6 Å². The van der Waals surface area contributed by atoms with Gasteiger partial charge >= 0.3 is 0 Å². The van der Waals surface area contributed by atoms with E-state index in [0.717, 1.165) is 11.1 Å². The maximum atomic E-state index is 9.13. The Hall–Kier alpha value is -1.84. The van der Waals surface area contributed by atoms with Gasteiger partial charge in [-0.2, -0.15) is 0 Å². The van der Waals surface area contributed by atoms with E-state index in [4.69, 9.17) is 14.6 Å². The van der Waals surface area contributed by atoms with Crippen LogP contribution in [-0.2, 0) is 18.0 Å². The molecule has 0 radical (unpaired) electrons. The fourth-order valence-electron chi connectivity index (χ4n) is 1.61. The van der Waals surface area contributed by atoms with Crippen LogP contribution in [0.4, 0.5) is 0 Å². The van der Waals surface area contributed by atoms with Crippen LogP contribution in [0.5, 0.6) is 5.75 Å². The Morgan fingerprint density at radius 3 is 2.39 bits per heavy atom. The molecule has 0 aromatic heterocycles. The van der Waals surface area contributed by atoms with Crippen LogP contribution in [-0.4, -0.2) is 11.9 Å². The molecule has 0 spiro atoms. The van der Waals surface area contributed by atoms with Crippen LogP contribution in [0, 0.1) is 0 Å². The quantitative estimate of drug-likeness (QED) is 0.627. The Bertz CT molecular complexity index is 468. The second-order valence-electron chi connectivity index (χ2n) is 3.86. The fraction of sp³-hybridized carbons (Fsp3) is 0.200. The third-order valence-corrected chi connectivity index (χ3v) is 2.55. The average Bonchev–Trinajstić information content (AvgIpc) is 2.45. The summed E-state index contributed by atoms with van der Waals surface area (Å²) in [5.74, 6) is 0.660. The van der Waals surface area contributed by atoms with Crippen LogP contribution in [0.3, 0.4) is 0 Å². The molecule has 0 fully saturated rings. The summed E-state index contributed by atoms with van der Waals surface area (Å²) in [6.07, 6.45) is 0. The van der Waals surface area contributed by atoms with Crippen molar-refractivity contribution in [2.75, 3.05) is 6.79 Å². The van der Waals surface area contributed by atoms with E-state index in [1.54, 1.807) is 0 Å². The monoisotopic (exact) mass is 244 g/mol. The van der Waals surface area contributed by atoms with Crippen molar-refractivity contribution in [3.63, 3.8) is 0 Å². The predicted octanol–water partition coefficient (Wildman–Crippen LogP) is 2.73. The minimum Gasteiger partial charge on any atom is -0.467 e. The first-order valence-electron chi connectivity index (χ1n) is 5.83. The molecule has 0 saturated heterocycles. The standard InChI is InChI=1S/C15H16O3/c16-10-14-8-4-5-9-15(14)18-12-17-11-13-6-2-1-3-7-13/h1-9,16H,10-12H2. The van der Waals surface area contributed by atoms with Crippen LogP contribution in [0.2, 0.25) is 0 Å². The number of benzene rings is 2. The zero-order valence-corrected chi connectivity index (χ0v) is 10.1. The molecule has 0 saturated carbocycles. The molecular weight excluding hydrogens is 228 g/mol. The zero-order valence-electron chi connectivity index (χ0n) is 10.1. The number of hydrogen-bond acceptors (Lipinski definition) is 3. The van der Waals surface area contributed by atoms with Gasteiger partial charge in [0.05, 0.1) is 13.2 Å². The number of aliphatic hydroxyl groups excluding tert-OH is 1. The van der Waals surface area contributed by atoms with Gasteiger partial charge in [-0.3, -0.25) is 0 Å². The number of aliphatic hydroxyl groups is 1. The van der Waals surface area contributed by atoms with E-state index in [-0.39, 0.29) is 13.4 Å². The summed E-state index contributed by atoms with van der Waals surface area (Å²) >= 11 is 0. The molecule has 0 atom stereocenters. The maximum Gasteiger partial charge on any atom is 0.189 e. The van der Waals surface area contributed by atoms with E-state index < -0.39 is 0 Å². The molecule has 1 N–H and O–H groups in total. The number of ether oxygens (including phenoxy) is 2. The minimum absolute atomic E-state index is 0.0329. The Balaban J connectivity index is 1.78. The van der Waals surface area contributed by atoms with Gasteiger partial charge in [-0.25, -0.2) is 0 Å². The smallest absolute Gasteiger partial charge is 0.189 e. The first-order valence-corrected chi connectivity index (χ1v) is 5.83. The Kier molecular flexibility index (Phi) is 4.76. The Morgan fingerprint density at radius 2 is 1.61 bits per heavy atom. The summed E-state index contributed by atoms with van der Waals surface area (Å²) in [7, 11) is 0. The molecule has 2 aromatic rings. The van der Waals surface area contributed by atoms with Gasteiger partial charge in [-0.15, -0.1) is 0 Å². The van der Waals surface area contributed by atoms with Gasteiger partial charge < -0.3 is 14.6 Å². The molecule has 0 bridgehead atoms. The van der Waals surface area contributed by atoms with E-state index in [2.05, 4.69) is 0 Å². The van der Waals surface area contributed by atoms with E-state index in [0.29, 0.717) is 12.4 Å². The highest BCUT2D eigenvalue weighted by Gasteiger charge is 2.00. The molecule has 0 heterocycles. The van der Waals surface area contributed by atoms with Gasteiger partial charge in [0.15, 0.2) is 6.79 Å². The second-order valence-corrected chi connectivity index (χ2v) is 3.86. The molecule has 18 heavy (non-hydrogen) atoms. The molecule has 0 unspecified atom stereocenters. The molecular formula is C15H16O3. The van der Waals surface area contributed by atoms with Crippen molar-refractivity contribution in [2.45, 2.75) is 13.2 Å². The molecule has 2 aromatic carbocycles. The van der Waals surface area contributed by atoms with Gasteiger partial charge in [0.1, 0.15) is 5.75 Å². The highest BCUT2D eigenvalue weighted by molar-refractivity contribution is 5.32. The van der Waals surface area contributed by atoms with E-state index >= 15 is 0 Å². The minimum atomic E-state index is -0.0329. The molecule has 94 valence electrons.